The average molecular weight is 647 g/mol. The van der Waals surface area contributed by atoms with Crippen molar-refractivity contribution in [3.63, 3.8) is 0 Å². The first-order valence-electron chi connectivity index (χ1n) is 16.7. The number of hydrogen-bond donors (Lipinski definition) is 1. The molecule has 1 aromatic heterocycles. The van der Waals surface area contributed by atoms with Crippen molar-refractivity contribution in [2.75, 3.05) is 13.7 Å². The van der Waals surface area contributed by atoms with Crippen molar-refractivity contribution in [2.45, 2.75) is 96.6 Å². The van der Waals surface area contributed by atoms with Crippen molar-refractivity contribution < 1.29 is 42.8 Å². The summed E-state index contributed by atoms with van der Waals surface area (Å²) in [5, 5.41) is 12.6. The first kappa shape index (κ1) is 32.3. The number of benzene rings is 1. The Balaban J connectivity index is 1.36. The molecule has 2 aromatic rings. The van der Waals surface area contributed by atoms with Crippen LogP contribution in [0.25, 0.3) is 6.08 Å². The minimum absolute atomic E-state index is 0.0609. The molecule has 9 nitrogen and oxygen atoms in total. The lowest BCUT2D eigenvalue weighted by atomic mass is 9.39. The van der Waals surface area contributed by atoms with E-state index in [1.807, 2.05) is 36.4 Å². The summed E-state index contributed by atoms with van der Waals surface area (Å²) in [6, 6.07) is 11.6. The Hall–Kier alpha value is -3.24. The summed E-state index contributed by atoms with van der Waals surface area (Å²) < 4.78 is 37.3. The summed E-state index contributed by atoms with van der Waals surface area (Å²) in [4.78, 5) is 26.1. The standard InChI is InChI=1S/C38H46O9/c1-21-25(24-14-15-43-19-24)16-26-32(21)38(5)27(17-31(42-6)46-26)37(4)29(47-30(40)13-12-23-10-8-7-9-11-23)18-28(45-22(2)39)36(3)20-44-33(34(36)37)35(38)41/h7-15,19,25-29,31,33-35,41H,16-18,20H2,1-6H3/b13-12+/t25-,26+,27-,28-,29+,31-,33-,34+,35-,36-,37+,38-/m1/s1. The van der Waals surface area contributed by atoms with Gasteiger partial charge in [-0.3, -0.25) is 4.79 Å². The molecule has 1 aromatic carbocycles. The van der Waals surface area contributed by atoms with Crippen LogP contribution in [0.3, 0.4) is 0 Å². The number of aliphatic hydroxyl groups is 1. The largest absolute Gasteiger partial charge is 0.472 e. The Morgan fingerprint density at radius 1 is 1.02 bits per heavy atom. The zero-order chi connectivity index (χ0) is 33.3. The SMILES string of the molecule is CO[C@H]1C[C@H]2[C@](C)(C3=C(C)[C@H](c4ccoc4)C[C@@H]3O1)[C@H](O)[C@@H]1OC[C@]3(C)[C@H](OC(C)=O)C[C@H](OC(=O)/C=C/c4ccccc4)[C@@]2(C)[C@@H]13. The molecule has 7 rings (SSSR count). The molecule has 5 aliphatic rings. The van der Waals surface area contributed by atoms with Gasteiger partial charge in [0, 0.05) is 61.0 Å². The van der Waals surface area contributed by atoms with E-state index in [0.717, 1.165) is 22.3 Å². The van der Waals surface area contributed by atoms with Crippen molar-refractivity contribution in [2.24, 2.45) is 28.1 Å². The van der Waals surface area contributed by atoms with Gasteiger partial charge < -0.3 is 33.2 Å². The molecule has 47 heavy (non-hydrogen) atoms. The molecule has 0 radical (unpaired) electrons. The Labute approximate surface area is 276 Å². The summed E-state index contributed by atoms with van der Waals surface area (Å²) in [7, 11) is 1.66. The van der Waals surface area contributed by atoms with E-state index in [2.05, 4.69) is 27.7 Å². The second-order valence-electron chi connectivity index (χ2n) is 14.9. The number of fused-ring (bicyclic) bond motifs is 4. The van der Waals surface area contributed by atoms with Crippen LogP contribution in [-0.2, 0) is 33.3 Å². The van der Waals surface area contributed by atoms with E-state index < -0.39 is 58.9 Å². The number of methoxy groups -OCH3 is 1. The Bertz CT molecular complexity index is 1560. The molecule has 252 valence electrons. The second-order valence-corrected chi connectivity index (χ2v) is 14.9. The summed E-state index contributed by atoms with van der Waals surface area (Å²) in [6.45, 7) is 10.3. The third-order valence-corrected chi connectivity index (χ3v) is 12.6. The summed E-state index contributed by atoms with van der Waals surface area (Å²) in [5.41, 5.74) is 2.02. The van der Waals surface area contributed by atoms with E-state index in [4.69, 9.17) is 28.1 Å². The molecule has 0 amide bonds. The zero-order valence-corrected chi connectivity index (χ0v) is 28.0. The Morgan fingerprint density at radius 2 is 1.79 bits per heavy atom. The molecule has 0 bridgehead atoms. The highest BCUT2D eigenvalue weighted by atomic mass is 16.7. The quantitative estimate of drug-likeness (QED) is 0.235. The van der Waals surface area contributed by atoms with Gasteiger partial charge in [0.05, 0.1) is 37.4 Å². The fourth-order valence-corrected chi connectivity index (χ4v) is 10.6. The normalized spacial score (nSPS) is 42.4. The van der Waals surface area contributed by atoms with Crippen molar-refractivity contribution in [3.8, 4) is 0 Å². The van der Waals surface area contributed by atoms with E-state index in [0.29, 0.717) is 25.9 Å². The van der Waals surface area contributed by atoms with Gasteiger partial charge in [-0.1, -0.05) is 56.7 Å². The van der Waals surface area contributed by atoms with Crippen LogP contribution in [0.1, 0.15) is 70.9 Å². The molecular weight excluding hydrogens is 600 g/mol. The zero-order valence-electron chi connectivity index (χ0n) is 28.0. The lowest BCUT2D eigenvalue weighted by molar-refractivity contribution is -0.259. The van der Waals surface area contributed by atoms with Crippen LogP contribution in [0.2, 0.25) is 0 Å². The van der Waals surface area contributed by atoms with E-state index in [1.54, 1.807) is 25.7 Å². The highest BCUT2D eigenvalue weighted by Crippen LogP contribution is 2.72. The number of esters is 2. The van der Waals surface area contributed by atoms with E-state index in [-0.39, 0.29) is 23.9 Å². The number of furan rings is 1. The van der Waals surface area contributed by atoms with Crippen molar-refractivity contribution in [3.05, 3.63) is 77.3 Å². The second kappa shape index (κ2) is 11.7. The molecule has 12 atom stereocenters. The van der Waals surface area contributed by atoms with Crippen molar-refractivity contribution in [1.82, 2.24) is 0 Å². The molecule has 2 saturated carbocycles. The van der Waals surface area contributed by atoms with Gasteiger partial charge in [0.2, 0.25) is 0 Å². The van der Waals surface area contributed by atoms with E-state index >= 15 is 0 Å². The van der Waals surface area contributed by atoms with Crippen molar-refractivity contribution >= 4 is 18.0 Å². The lowest BCUT2D eigenvalue weighted by Gasteiger charge is -2.66. The molecular formula is C38H46O9. The number of carbonyl (C=O) groups is 2. The number of allylic oxidation sites excluding steroid dienone is 1. The predicted octanol–water partition coefficient (Wildman–Crippen LogP) is 5.83. The molecule has 3 heterocycles. The van der Waals surface area contributed by atoms with Gasteiger partial charge in [0.25, 0.3) is 0 Å². The first-order chi connectivity index (χ1) is 22.4. The Morgan fingerprint density at radius 3 is 2.47 bits per heavy atom. The van der Waals surface area contributed by atoms with Gasteiger partial charge in [-0.25, -0.2) is 4.79 Å². The molecule has 3 aliphatic carbocycles. The number of ether oxygens (including phenoxy) is 5. The van der Waals surface area contributed by atoms with Crippen molar-refractivity contribution in [1.29, 1.82) is 0 Å². The lowest BCUT2D eigenvalue weighted by Crippen LogP contribution is -2.71. The van der Waals surface area contributed by atoms with Crippen LogP contribution in [-0.4, -0.2) is 67.6 Å². The Kier molecular flexibility index (Phi) is 8.06. The van der Waals surface area contributed by atoms with Crippen LogP contribution in [0, 0.1) is 28.1 Å². The summed E-state index contributed by atoms with van der Waals surface area (Å²) in [5.74, 6) is -1.36. The number of carbonyl (C=O) groups excluding carboxylic acids is 2. The van der Waals surface area contributed by atoms with Crippen LogP contribution in [0.15, 0.2) is 70.6 Å². The maximum Gasteiger partial charge on any atom is 0.331 e. The predicted molar refractivity (Wildman–Crippen MR) is 172 cm³/mol. The van der Waals surface area contributed by atoms with Gasteiger partial charge >= 0.3 is 11.9 Å². The maximum atomic E-state index is 13.6. The van der Waals surface area contributed by atoms with E-state index in [1.165, 1.54) is 13.0 Å². The summed E-state index contributed by atoms with van der Waals surface area (Å²) in [6.07, 6.45) is 4.62. The number of hydrogen-bond acceptors (Lipinski definition) is 9. The number of rotatable bonds is 6. The smallest absolute Gasteiger partial charge is 0.331 e. The highest BCUT2D eigenvalue weighted by Gasteiger charge is 2.76. The van der Waals surface area contributed by atoms with Gasteiger partial charge in [0.1, 0.15) is 12.2 Å². The molecule has 2 aliphatic heterocycles. The van der Waals surface area contributed by atoms with E-state index in [9.17, 15) is 14.7 Å². The van der Waals surface area contributed by atoms with Crippen LogP contribution >= 0.6 is 0 Å². The van der Waals surface area contributed by atoms with Crippen LogP contribution in [0.5, 0.6) is 0 Å². The highest BCUT2D eigenvalue weighted by molar-refractivity contribution is 5.87. The molecule has 4 fully saturated rings. The van der Waals surface area contributed by atoms with Gasteiger partial charge in [-0.15, -0.1) is 0 Å². The summed E-state index contributed by atoms with van der Waals surface area (Å²) >= 11 is 0. The van der Waals surface area contributed by atoms with Crippen LogP contribution in [0.4, 0.5) is 0 Å². The fraction of sp³-hybridized carbons (Fsp3) is 0.579. The molecule has 9 heteroatoms. The molecule has 0 spiro atoms. The van der Waals surface area contributed by atoms with Gasteiger partial charge in [-0.2, -0.15) is 0 Å². The van der Waals surface area contributed by atoms with Gasteiger partial charge in [0.15, 0.2) is 6.29 Å². The topological polar surface area (TPSA) is 114 Å². The molecule has 2 saturated heterocycles. The molecule has 0 unspecified atom stereocenters. The first-order valence-corrected chi connectivity index (χ1v) is 16.7. The molecule has 1 N–H and O–H groups in total. The fourth-order valence-electron chi connectivity index (χ4n) is 10.6. The third kappa shape index (κ3) is 4.87. The third-order valence-electron chi connectivity index (χ3n) is 12.6. The monoisotopic (exact) mass is 646 g/mol. The maximum absolute atomic E-state index is 13.6. The average Bonchev–Trinajstić information content (AvgIpc) is 3.76. The van der Waals surface area contributed by atoms with Crippen LogP contribution < -0.4 is 0 Å². The number of aliphatic hydroxyl groups excluding tert-OH is 1. The van der Waals surface area contributed by atoms with Gasteiger partial charge in [-0.05, 0) is 48.1 Å². The minimum Gasteiger partial charge on any atom is -0.472 e. The minimum atomic E-state index is -0.896.